The van der Waals surface area contributed by atoms with Gasteiger partial charge in [-0.25, -0.2) is 19.3 Å². The van der Waals surface area contributed by atoms with Gasteiger partial charge in [0.15, 0.2) is 11.5 Å². The van der Waals surface area contributed by atoms with Crippen LogP contribution in [-0.2, 0) is 16.0 Å². The Morgan fingerprint density at radius 2 is 1.75 bits per heavy atom. The van der Waals surface area contributed by atoms with E-state index in [4.69, 9.17) is 29.0 Å². The molecule has 1 amide bonds. The quantitative estimate of drug-likeness (QED) is 0.232. The molecule has 0 unspecified atom stereocenters. The largest absolute Gasteiger partial charge is 0.497 e. The van der Waals surface area contributed by atoms with Crippen LogP contribution in [0.15, 0.2) is 60.8 Å². The summed E-state index contributed by atoms with van der Waals surface area (Å²) in [7, 11) is 1.64. The van der Waals surface area contributed by atoms with Gasteiger partial charge in [0.1, 0.15) is 28.2 Å². The van der Waals surface area contributed by atoms with E-state index >= 15 is 0 Å². The Morgan fingerprint density at radius 1 is 1.02 bits per heavy atom. The van der Waals surface area contributed by atoms with Crippen molar-refractivity contribution < 1.29 is 28.5 Å². The van der Waals surface area contributed by atoms with Gasteiger partial charge < -0.3 is 29.2 Å². The molecule has 44 heavy (non-hydrogen) atoms. The molecule has 1 aliphatic heterocycles. The average molecular weight is 602 g/mol. The van der Waals surface area contributed by atoms with Gasteiger partial charge in [-0.2, -0.15) is 5.10 Å². The van der Waals surface area contributed by atoms with Gasteiger partial charge in [0.25, 0.3) is 0 Å². The number of piperidine rings is 1. The third-order valence-corrected chi connectivity index (χ3v) is 7.10. The maximum Gasteiger partial charge on any atom is 0.407 e. The molecule has 11 heteroatoms. The van der Waals surface area contributed by atoms with Gasteiger partial charge in [0, 0.05) is 31.4 Å². The summed E-state index contributed by atoms with van der Waals surface area (Å²) in [6.45, 7) is 9.41. The molecule has 11 nitrogen and oxygen atoms in total. The molecule has 1 fully saturated rings. The summed E-state index contributed by atoms with van der Waals surface area (Å²) in [6, 6.07) is 16.4. The molecule has 0 aliphatic carbocycles. The fourth-order valence-corrected chi connectivity index (χ4v) is 5.13. The minimum atomic E-state index is -0.582. The van der Waals surface area contributed by atoms with Gasteiger partial charge in [0.05, 0.1) is 25.8 Å². The van der Waals surface area contributed by atoms with Crippen molar-refractivity contribution in [1.29, 1.82) is 0 Å². The number of esters is 1. The van der Waals surface area contributed by atoms with E-state index in [0.717, 1.165) is 41.9 Å². The van der Waals surface area contributed by atoms with Crippen molar-refractivity contribution in [2.24, 2.45) is 0 Å². The lowest BCUT2D eigenvalue weighted by Crippen LogP contribution is -2.49. The molecule has 1 N–H and O–H groups in total. The molecule has 2 aromatic heterocycles. The van der Waals surface area contributed by atoms with Crippen LogP contribution in [0.1, 0.15) is 56.5 Å². The van der Waals surface area contributed by atoms with Gasteiger partial charge in [-0.1, -0.05) is 12.1 Å². The first-order valence-electron chi connectivity index (χ1n) is 14.8. The number of fused-ring (bicyclic) bond motifs is 1. The Morgan fingerprint density at radius 3 is 2.43 bits per heavy atom. The maximum absolute atomic E-state index is 12.6. The number of carbonyl (C=O) groups is 2. The second-order valence-electron chi connectivity index (χ2n) is 11.6. The van der Waals surface area contributed by atoms with Crippen molar-refractivity contribution in [2.75, 3.05) is 31.7 Å². The summed E-state index contributed by atoms with van der Waals surface area (Å²) >= 11 is 0. The predicted octanol–water partition coefficient (Wildman–Crippen LogP) is 5.95. The normalized spacial score (nSPS) is 15.1. The molecule has 1 aliphatic rings. The number of alkyl carbamates (subject to hydrolysis) is 1. The number of ether oxygens (including phenoxy) is 4. The summed E-state index contributed by atoms with van der Waals surface area (Å²) in [5.74, 6) is 2.25. The van der Waals surface area contributed by atoms with E-state index in [0.29, 0.717) is 42.4 Å². The third kappa shape index (κ3) is 7.39. The Labute approximate surface area is 257 Å². The molecule has 0 bridgehead atoms. The zero-order valence-corrected chi connectivity index (χ0v) is 25.8. The average Bonchev–Trinajstić information content (AvgIpc) is 3.36. The number of amides is 1. The topological polar surface area (TPSA) is 117 Å². The van der Waals surface area contributed by atoms with Crippen molar-refractivity contribution in [1.82, 2.24) is 20.1 Å². The molecule has 1 saturated heterocycles. The molecule has 4 aromatic rings. The summed E-state index contributed by atoms with van der Waals surface area (Å²) < 4.78 is 24.2. The van der Waals surface area contributed by atoms with Crippen LogP contribution in [0, 0.1) is 0 Å². The number of aromatic nitrogens is 3. The van der Waals surface area contributed by atoms with E-state index in [2.05, 4.69) is 10.2 Å². The lowest BCUT2D eigenvalue weighted by Gasteiger charge is -2.34. The first-order valence-corrected chi connectivity index (χ1v) is 14.8. The summed E-state index contributed by atoms with van der Waals surface area (Å²) in [5.41, 5.74) is 1.57. The molecule has 0 radical (unpaired) electrons. The van der Waals surface area contributed by atoms with E-state index in [1.807, 2.05) is 55.8 Å². The monoisotopic (exact) mass is 601 g/mol. The number of carbonyl (C=O) groups excluding carboxylic acids is 2. The number of hydrogen-bond acceptors (Lipinski definition) is 9. The van der Waals surface area contributed by atoms with Crippen LogP contribution in [0.5, 0.6) is 17.2 Å². The second kappa shape index (κ2) is 13.2. The molecule has 0 spiro atoms. The zero-order valence-electron chi connectivity index (χ0n) is 25.8. The van der Waals surface area contributed by atoms with Gasteiger partial charge >= 0.3 is 12.1 Å². The number of nitrogens with one attached hydrogen (secondary N) is 1. The minimum Gasteiger partial charge on any atom is -0.497 e. The van der Waals surface area contributed by atoms with Crippen molar-refractivity contribution in [2.45, 2.75) is 58.7 Å². The van der Waals surface area contributed by atoms with Crippen molar-refractivity contribution in [3.8, 4) is 17.2 Å². The molecule has 0 saturated carbocycles. The Kier molecular flexibility index (Phi) is 9.22. The molecule has 3 heterocycles. The van der Waals surface area contributed by atoms with Gasteiger partial charge in [-0.3, -0.25) is 0 Å². The maximum atomic E-state index is 12.6. The highest BCUT2D eigenvalue weighted by molar-refractivity contribution is 5.94. The Balaban J connectivity index is 1.48. The standard InChI is InChI=1S/C33H39N5O6/c1-6-42-31(39)23-11-15-26(16-12-23)43-27-17-18-34-29-28(27)30(36-38(29)20-22-9-13-25(41-5)14-10-22)37-19-7-8-24(21-37)35-32(40)44-33(2,3)4/h9-18,24H,6-8,19-21H2,1-5H3,(H,35,40)/t24-/m1/s1. The number of hydrogen-bond donors (Lipinski definition) is 1. The second-order valence-corrected chi connectivity index (χ2v) is 11.6. The minimum absolute atomic E-state index is 0.114. The fraction of sp³-hybridized carbons (Fsp3) is 0.394. The van der Waals surface area contributed by atoms with Crippen LogP contribution in [0.3, 0.4) is 0 Å². The van der Waals surface area contributed by atoms with E-state index in [9.17, 15) is 9.59 Å². The number of methoxy groups -OCH3 is 1. The van der Waals surface area contributed by atoms with Gasteiger partial charge in [0.2, 0.25) is 0 Å². The molecule has 5 rings (SSSR count). The number of anilines is 1. The molecule has 232 valence electrons. The molecule has 1 atom stereocenters. The van der Waals surface area contributed by atoms with E-state index < -0.39 is 11.7 Å². The Bertz CT molecular complexity index is 1590. The number of rotatable bonds is 9. The van der Waals surface area contributed by atoms with Crippen LogP contribution in [0.4, 0.5) is 10.6 Å². The van der Waals surface area contributed by atoms with Crippen molar-refractivity contribution in [3.63, 3.8) is 0 Å². The van der Waals surface area contributed by atoms with E-state index in [-0.39, 0.29) is 12.0 Å². The lowest BCUT2D eigenvalue weighted by molar-refractivity contribution is 0.0496. The Hall–Kier alpha value is -4.80. The first kappa shape index (κ1) is 30.7. The SMILES string of the molecule is CCOC(=O)c1ccc(Oc2ccnc3c2c(N2CCC[C@@H](NC(=O)OC(C)(C)C)C2)nn3Cc2ccc(OC)cc2)cc1. The molecular formula is C33H39N5O6. The number of nitrogens with zero attached hydrogens (tertiary/aromatic N) is 4. The van der Waals surface area contributed by atoms with Gasteiger partial charge in [-0.05, 0) is 82.5 Å². The highest BCUT2D eigenvalue weighted by Gasteiger charge is 2.29. The summed E-state index contributed by atoms with van der Waals surface area (Å²) in [5, 5.41) is 8.83. The molecule has 2 aromatic carbocycles. The van der Waals surface area contributed by atoms with Crippen molar-refractivity contribution >= 4 is 28.9 Å². The predicted molar refractivity (Wildman–Crippen MR) is 167 cm³/mol. The smallest absolute Gasteiger partial charge is 0.407 e. The first-order chi connectivity index (χ1) is 21.1. The summed E-state index contributed by atoms with van der Waals surface area (Å²) in [6.07, 6.45) is 2.95. The van der Waals surface area contributed by atoms with Crippen LogP contribution in [-0.4, -0.2) is 65.3 Å². The van der Waals surface area contributed by atoms with Crippen molar-refractivity contribution in [3.05, 3.63) is 71.9 Å². The third-order valence-electron chi connectivity index (χ3n) is 7.10. The highest BCUT2D eigenvalue weighted by atomic mass is 16.6. The van der Waals surface area contributed by atoms with Gasteiger partial charge in [-0.15, -0.1) is 0 Å². The van der Waals surface area contributed by atoms with E-state index in [1.165, 1.54) is 0 Å². The summed E-state index contributed by atoms with van der Waals surface area (Å²) in [4.78, 5) is 31.6. The fourth-order valence-electron chi connectivity index (χ4n) is 5.13. The lowest BCUT2D eigenvalue weighted by atomic mass is 10.1. The zero-order chi connectivity index (χ0) is 31.3. The molecular weight excluding hydrogens is 562 g/mol. The van der Waals surface area contributed by atoms with Crippen LogP contribution >= 0.6 is 0 Å². The van der Waals surface area contributed by atoms with Crippen LogP contribution < -0.4 is 19.7 Å². The van der Waals surface area contributed by atoms with Crippen LogP contribution in [0.25, 0.3) is 11.0 Å². The highest BCUT2D eigenvalue weighted by Crippen LogP contribution is 2.37. The van der Waals surface area contributed by atoms with Crippen LogP contribution in [0.2, 0.25) is 0 Å². The van der Waals surface area contributed by atoms with E-state index in [1.54, 1.807) is 44.5 Å². The number of pyridine rings is 1. The number of benzene rings is 2.